The number of rotatable bonds is 6. The molecule has 0 amide bonds. The van der Waals surface area contributed by atoms with E-state index in [4.69, 9.17) is 14.7 Å². The molecule has 0 spiro atoms. The van der Waals surface area contributed by atoms with Crippen molar-refractivity contribution in [1.29, 1.82) is 0 Å². The van der Waals surface area contributed by atoms with Crippen LogP contribution >= 0.6 is 0 Å². The van der Waals surface area contributed by atoms with E-state index in [9.17, 15) is 4.39 Å². The Morgan fingerprint density at radius 2 is 1.93 bits per heavy atom. The van der Waals surface area contributed by atoms with Gasteiger partial charge in [-0.25, -0.2) is 8.78 Å². The molecule has 2 unspecified atom stereocenters. The average molecular weight is 559 g/mol. The summed E-state index contributed by atoms with van der Waals surface area (Å²) in [5.41, 5.74) is 3.45. The maximum absolute atomic E-state index is 16.6. The van der Waals surface area contributed by atoms with Gasteiger partial charge in [0.1, 0.15) is 24.1 Å². The molecule has 0 saturated carbocycles. The summed E-state index contributed by atoms with van der Waals surface area (Å²) in [5, 5.41) is 5.41. The van der Waals surface area contributed by atoms with E-state index in [1.54, 1.807) is 0 Å². The van der Waals surface area contributed by atoms with Gasteiger partial charge in [-0.3, -0.25) is 4.90 Å². The molecule has 8 rings (SSSR count). The summed E-state index contributed by atoms with van der Waals surface area (Å²) in [6, 6.07) is 11.0. The van der Waals surface area contributed by atoms with Crippen LogP contribution in [0.5, 0.6) is 6.01 Å². The first-order chi connectivity index (χ1) is 20.0. The van der Waals surface area contributed by atoms with E-state index in [-0.39, 0.29) is 22.9 Å². The highest BCUT2D eigenvalue weighted by Crippen LogP contribution is 2.41. The molecule has 7 nitrogen and oxygen atoms in total. The van der Waals surface area contributed by atoms with Gasteiger partial charge >= 0.3 is 6.01 Å². The summed E-state index contributed by atoms with van der Waals surface area (Å²) in [7, 11) is 0. The number of anilines is 1. The SMILES string of the molecule is CCc1cccc2[nH]cc(-c3ccc4c(N5CC6CCC(C5)N6)nc(OC[C@@]56CCCN5C[C@H](F)C6)nc4c3F)c12. The van der Waals surface area contributed by atoms with Crippen LogP contribution in [0.2, 0.25) is 0 Å². The molecule has 2 aromatic heterocycles. The van der Waals surface area contributed by atoms with E-state index in [1.807, 2.05) is 30.5 Å². The predicted octanol–water partition coefficient (Wildman–Crippen LogP) is 5.38. The van der Waals surface area contributed by atoms with E-state index in [0.29, 0.717) is 42.6 Å². The van der Waals surface area contributed by atoms with Crippen molar-refractivity contribution in [1.82, 2.24) is 25.2 Å². The quantitative estimate of drug-likeness (QED) is 0.332. The van der Waals surface area contributed by atoms with Crippen molar-refractivity contribution in [2.45, 2.75) is 69.2 Å². The highest BCUT2D eigenvalue weighted by molar-refractivity contribution is 6.01. The van der Waals surface area contributed by atoms with E-state index in [1.165, 1.54) is 5.56 Å². The summed E-state index contributed by atoms with van der Waals surface area (Å²) in [6.07, 6.45) is 6.57. The highest BCUT2D eigenvalue weighted by Gasteiger charge is 2.49. The van der Waals surface area contributed by atoms with Crippen molar-refractivity contribution in [2.24, 2.45) is 0 Å². The molecule has 2 bridgehead atoms. The van der Waals surface area contributed by atoms with Crippen molar-refractivity contribution in [3.05, 3.63) is 47.9 Å². The van der Waals surface area contributed by atoms with E-state index in [0.717, 1.165) is 74.0 Å². The summed E-state index contributed by atoms with van der Waals surface area (Å²) >= 11 is 0. The number of H-pyrrole nitrogens is 1. The summed E-state index contributed by atoms with van der Waals surface area (Å²) in [4.78, 5) is 17.4. The summed E-state index contributed by atoms with van der Waals surface area (Å²) in [6.45, 7) is 5.41. The Morgan fingerprint density at radius 1 is 1.07 bits per heavy atom. The Balaban J connectivity index is 1.24. The van der Waals surface area contributed by atoms with Crippen LogP contribution in [0.25, 0.3) is 32.9 Å². The Kier molecular flexibility index (Phi) is 5.97. The molecule has 4 aliphatic rings. The van der Waals surface area contributed by atoms with Crippen LogP contribution in [0.3, 0.4) is 0 Å². The van der Waals surface area contributed by atoms with Gasteiger partial charge in [-0.1, -0.05) is 25.1 Å². The number of piperazine rings is 1. The zero-order chi connectivity index (χ0) is 27.7. The van der Waals surface area contributed by atoms with Gasteiger partial charge in [-0.2, -0.15) is 9.97 Å². The fourth-order valence-corrected chi connectivity index (χ4v) is 8.02. The number of nitrogens with one attached hydrogen (secondary N) is 2. The maximum atomic E-state index is 16.6. The first kappa shape index (κ1) is 25.4. The average Bonchev–Trinajstić information content (AvgIpc) is 3.74. The van der Waals surface area contributed by atoms with Gasteiger partial charge in [0.05, 0.1) is 5.54 Å². The van der Waals surface area contributed by atoms with Gasteiger partial charge < -0.3 is 19.9 Å². The van der Waals surface area contributed by atoms with E-state index in [2.05, 4.69) is 33.1 Å². The molecular weight excluding hydrogens is 522 g/mol. The molecule has 4 saturated heterocycles. The minimum Gasteiger partial charge on any atom is -0.461 e. The van der Waals surface area contributed by atoms with E-state index < -0.39 is 6.17 Å². The Labute approximate surface area is 238 Å². The second-order valence-corrected chi connectivity index (χ2v) is 12.5. The van der Waals surface area contributed by atoms with Gasteiger partial charge in [-0.15, -0.1) is 0 Å². The minimum atomic E-state index is -0.840. The van der Waals surface area contributed by atoms with Gasteiger partial charge in [0.25, 0.3) is 0 Å². The molecular formula is C32H36F2N6O. The lowest BCUT2D eigenvalue weighted by Gasteiger charge is -2.34. The Bertz CT molecular complexity index is 1630. The number of aromatic nitrogens is 3. The first-order valence-corrected chi connectivity index (χ1v) is 15.1. The number of nitrogens with zero attached hydrogens (tertiary/aromatic N) is 4. The third-order valence-electron chi connectivity index (χ3n) is 9.98. The van der Waals surface area contributed by atoms with Crippen molar-refractivity contribution < 1.29 is 13.5 Å². The van der Waals surface area contributed by atoms with Gasteiger partial charge in [0, 0.05) is 71.8 Å². The molecule has 0 aliphatic carbocycles. The number of hydrogen-bond acceptors (Lipinski definition) is 6. The van der Waals surface area contributed by atoms with Crippen LogP contribution in [0, 0.1) is 5.82 Å². The van der Waals surface area contributed by atoms with Crippen molar-refractivity contribution in [2.75, 3.05) is 37.7 Å². The van der Waals surface area contributed by atoms with Gasteiger partial charge in [0.2, 0.25) is 0 Å². The normalized spacial score (nSPS) is 27.8. The maximum Gasteiger partial charge on any atom is 0.319 e. The standard InChI is InChI=1S/C32H36F2N6O/c1-2-19-5-3-6-26-27(19)25(14-35-26)23-9-10-24-29(28(23)34)37-31(38-30(24)39-16-21-7-8-22(17-39)36-21)41-18-32-11-4-12-40(32)15-20(33)13-32/h3,5-6,9-10,14,20-22,35-36H,2,4,7-8,11-13,15-18H2,1H3/t20-,21?,22?,32+/m1/s1. The number of benzene rings is 2. The van der Waals surface area contributed by atoms with E-state index >= 15 is 4.39 Å². The Hall–Kier alpha value is -3.30. The van der Waals surface area contributed by atoms with Crippen LogP contribution in [0.15, 0.2) is 36.5 Å². The fraction of sp³-hybridized carbons (Fsp3) is 0.500. The van der Waals surface area contributed by atoms with Crippen molar-refractivity contribution in [3.8, 4) is 17.1 Å². The number of hydrogen-bond donors (Lipinski definition) is 2. The number of fused-ring (bicyclic) bond motifs is 5. The van der Waals surface area contributed by atoms with Gasteiger partial charge in [0.15, 0.2) is 5.82 Å². The summed E-state index contributed by atoms with van der Waals surface area (Å²) < 4.78 is 37.4. The molecule has 6 heterocycles. The van der Waals surface area contributed by atoms with Crippen LogP contribution in [0.1, 0.15) is 44.6 Å². The molecule has 4 aromatic rings. The molecule has 0 radical (unpaired) electrons. The molecule has 41 heavy (non-hydrogen) atoms. The van der Waals surface area contributed by atoms with Crippen LogP contribution < -0.4 is 15.0 Å². The third-order valence-corrected chi connectivity index (χ3v) is 9.98. The van der Waals surface area contributed by atoms with Crippen molar-refractivity contribution >= 4 is 27.6 Å². The van der Waals surface area contributed by atoms with Gasteiger partial charge in [-0.05, 0) is 56.3 Å². The molecule has 2 aromatic carbocycles. The molecule has 4 fully saturated rings. The highest BCUT2D eigenvalue weighted by atomic mass is 19.1. The molecule has 2 N–H and O–H groups in total. The third kappa shape index (κ3) is 4.11. The number of alkyl halides is 1. The molecule has 214 valence electrons. The first-order valence-electron chi connectivity index (χ1n) is 15.1. The number of ether oxygens (including phenoxy) is 1. The van der Waals surface area contributed by atoms with Crippen molar-refractivity contribution in [3.63, 3.8) is 0 Å². The predicted molar refractivity (Wildman–Crippen MR) is 157 cm³/mol. The lowest BCUT2D eigenvalue weighted by atomic mass is 9.95. The molecule has 4 aliphatic heterocycles. The second kappa shape index (κ2) is 9.63. The lowest BCUT2D eigenvalue weighted by Crippen LogP contribution is -2.51. The molecule has 4 atom stereocenters. The number of aromatic amines is 1. The monoisotopic (exact) mass is 558 g/mol. The van der Waals surface area contributed by atoms with Crippen LogP contribution in [-0.2, 0) is 6.42 Å². The second-order valence-electron chi connectivity index (χ2n) is 12.5. The fourth-order valence-electron chi connectivity index (χ4n) is 8.02. The Morgan fingerprint density at radius 3 is 2.76 bits per heavy atom. The minimum absolute atomic E-state index is 0.172. The summed E-state index contributed by atoms with van der Waals surface area (Å²) in [5.74, 6) is 0.351. The van der Waals surface area contributed by atoms with Crippen LogP contribution in [0.4, 0.5) is 14.6 Å². The number of halogens is 2. The van der Waals surface area contributed by atoms with Crippen LogP contribution in [-0.4, -0.2) is 76.4 Å². The lowest BCUT2D eigenvalue weighted by molar-refractivity contribution is 0.107. The smallest absolute Gasteiger partial charge is 0.319 e. The topological polar surface area (TPSA) is 69.3 Å². The zero-order valence-corrected chi connectivity index (χ0v) is 23.4. The zero-order valence-electron chi connectivity index (χ0n) is 23.4. The number of aryl methyl sites for hydroxylation is 1. The molecule has 9 heteroatoms. The largest absolute Gasteiger partial charge is 0.461 e.